The molecule has 0 aromatic carbocycles. The SMILES string of the molecule is CC[C@@]1(C)CC[C@H]2[C@@H](CC=C3C=C(O)C=C[C@@H]32)[C@@H]1C. The predicted molar refractivity (Wildman–Crippen MR) is 79.8 cm³/mol. The van der Waals surface area contributed by atoms with Crippen molar-refractivity contribution in [1.82, 2.24) is 0 Å². The number of fused-ring (bicyclic) bond motifs is 3. The highest BCUT2D eigenvalue weighted by molar-refractivity contribution is 5.38. The number of allylic oxidation sites excluding steroid dienone is 5. The summed E-state index contributed by atoms with van der Waals surface area (Å²) in [6.45, 7) is 7.30. The van der Waals surface area contributed by atoms with E-state index in [0.29, 0.717) is 17.1 Å². The van der Waals surface area contributed by atoms with Gasteiger partial charge in [-0.2, -0.15) is 0 Å². The summed E-state index contributed by atoms with van der Waals surface area (Å²) in [6.07, 6.45) is 13.7. The maximum Gasteiger partial charge on any atom is 0.115 e. The summed E-state index contributed by atoms with van der Waals surface area (Å²) in [5.74, 6) is 3.39. The smallest absolute Gasteiger partial charge is 0.115 e. The van der Waals surface area contributed by atoms with Crippen LogP contribution < -0.4 is 0 Å². The van der Waals surface area contributed by atoms with Crippen molar-refractivity contribution >= 4 is 0 Å². The standard InChI is InChI=1S/C18H26O/c1-4-18(3)10-9-17-15(12(18)2)7-5-13-11-14(19)6-8-16(13)17/h5-6,8,11-12,15-17,19H,4,7,9-10H2,1-3H3/t12-,15-,16-,17-,18-/m0/s1. The zero-order valence-corrected chi connectivity index (χ0v) is 12.4. The Morgan fingerprint density at radius 2 is 2.16 bits per heavy atom. The van der Waals surface area contributed by atoms with Crippen LogP contribution in [0.25, 0.3) is 0 Å². The second-order valence-electron chi connectivity index (χ2n) is 7.06. The Hall–Kier alpha value is -0.980. The molecule has 0 aliphatic heterocycles. The Bertz CT molecular complexity index is 456. The monoisotopic (exact) mass is 258 g/mol. The van der Waals surface area contributed by atoms with Crippen molar-refractivity contribution in [3.05, 3.63) is 35.6 Å². The van der Waals surface area contributed by atoms with E-state index in [0.717, 1.165) is 17.8 Å². The quantitative estimate of drug-likeness (QED) is 0.700. The van der Waals surface area contributed by atoms with Gasteiger partial charge in [-0.1, -0.05) is 39.3 Å². The molecular weight excluding hydrogens is 232 g/mol. The van der Waals surface area contributed by atoms with Gasteiger partial charge in [0.05, 0.1) is 0 Å². The minimum Gasteiger partial charge on any atom is -0.508 e. The average Bonchev–Trinajstić information content (AvgIpc) is 2.42. The Kier molecular flexibility index (Phi) is 3.11. The molecule has 1 N–H and O–H groups in total. The molecule has 0 unspecified atom stereocenters. The van der Waals surface area contributed by atoms with Crippen molar-refractivity contribution in [3.63, 3.8) is 0 Å². The van der Waals surface area contributed by atoms with Gasteiger partial charge in [-0.15, -0.1) is 0 Å². The van der Waals surface area contributed by atoms with E-state index < -0.39 is 0 Å². The van der Waals surface area contributed by atoms with Crippen molar-refractivity contribution in [2.24, 2.45) is 29.1 Å². The second-order valence-corrected chi connectivity index (χ2v) is 7.06. The maximum absolute atomic E-state index is 9.65. The molecule has 1 nitrogen and oxygen atoms in total. The fraction of sp³-hybridized carbons (Fsp3) is 0.667. The molecule has 104 valence electrons. The Balaban J connectivity index is 1.90. The molecule has 0 amide bonds. The molecule has 0 aromatic heterocycles. The van der Waals surface area contributed by atoms with Crippen LogP contribution in [0, 0.1) is 29.1 Å². The van der Waals surface area contributed by atoms with Gasteiger partial charge in [-0.05, 0) is 60.2 Å². The Labute approximate surface area is 117 Å². The number of aliphatic hydroxyl groups is 1. The van der Waals surface area contributed by atoms with Crippen molar-refractivity contribution in [3.8, 4) is 0 Å². The van der Waals surface area contributed by atoms with Crippen LogP contribution in [0.2, 0.25) is 0 Å². The first-order chi connectivity index (χ1) is 9.05. The van der Waals surface area contributed by atoms with Gasteiger partial charge < -0.3 is 5.11 Å². The van der Waals surface area contributed by atoms with Crippen LogP contribution in [0.3, 0.4) is 0 Å². The van der Waals surface area contributed by atoms with E-state index in [4.69, 9.17) is 0 Å². The summed E-state index contributed by atoms with van der Waals surface area (Å²) < 4.78 is 0. The van der Waals surface area contributed by atoms with Crippen LogP contribution in [-0.4, -0.2) is 5.11 Å². The third kappa shape index (κ3) is 1.98. The highest BCUT2D eigenvalue weighted by Crippen LogP contribution is 2.55. The number of rotatable bonds is 1. The molecule has 19 heavy (non-hydrogen) atoms. The third-order valence-electron chi connectivity index (χ3n) is 6.41. The van der Waals surface area contributed by atoms with Gasteiger partial charge in [-0.25, -0.2) is 0 Å². The predicted octanol–water partition coefficient (Wildman–Crippen LogP) is 5.02. The summed E-state index contributed by atoms with van der Waals surface area (Å²) in [4.78, 5) is 0. The van der Waals surface area contributed by atoms with Crippen molar-refractivity contribution < 1.29 is 5.11 Å². The molecule has 0 saturated heterocycles. The molecule has 1 heteroatoms. The molecule has 3 aliphatic rings. The van der Waals surface area contributed by atoms with Crippen LogP contribution in [0.5, 0.6) is 0 Å². The minimum absolute atomic E-state index is 0.420. The van der Waals surface area contributed by atoms with E-state index in [1.165, 1.54) is 31.3 Å². The van der Waals surface area contributed by atoms with Crippen LogP contribution in [-0.2, 0) is 0 Å². The van der Waals surface area contributed by atoms with Gasteiger partial charge in [-0.3, -0.25) is 0 Å². The normalized spacial score (nSPS) is 45.0. The lowest BCUT2D eigenvalue weighted by Gasteiger charge is -2.52. The summed E-state index contributed by atoms with van der Waals surface area (Å²) >= 11 is 0. The van der Waals surface area contributed by atoms with Crippen molar-refractivity contribution in [2.75, 3.05) is 0 Å². The van der Waals surface area contributed by atoms with Gasteiger partial charge in [0.1, 0.15) is 5.76 Å². The zero-order valence-electron chi connectivity index (χ0n) is 12.4. The highest BCUT2D eigenvalue weighted by atomic mass is 16.3. The fourth-order valence-electron chi connectivity index (χ4n) is 4.63. The fourth-order valence-corrected chi connectivity index (χ4v) is 4.63. The average molecular weight is 258 g/mol. The van der Waals surface area contributed by atoms with Crippen LogP contribution >= 0.6 is 0 Å². The summed E-state index contributed by atoms with van der Waals surface area (Å²) in [5, 5.41) is 9.65. The zero-order chi connectivity index (χ0) is 13.6. The Morgan fingerprint density at radius 1 is 1.37 bits per heavy atom. The first-order valence-electron chi connectivity index (χ1n) is 7.84. The molecule has 5 atom stereocenters. The molecule has 0 radical (unpaired) electrons. The van der Waals surface area contributed by atoms with E-state index in [-0.39, 0.29) is 0 Å². The summed E-state index contributed by atoms with van der Waals surface area (Å²) in [7, 11) is 0. The molecule has 0 heterocycles. The summed E-state index contributed by atoms with van der Waals surface area (Å²) in [6, 6.07) is 0. The first-order valence-corrected chi connectivity index (χ1v) is 7.84. The molecule has 0 spiro atoms. The minimum atomic E-state index is 0.420. The third-order valence-corrected chi connectivity index (χ3v) is 6.41. The topological polar surface area (TPSA) is 20.2 Å². The van der Waals surface area contributed by atoms with Crippen LogP contribution in [0.1, 0.15) is 46.5 Å². The van der Waals surface area contributed by atoms with Gasteiger partial charge in [0.15, 0.2) is 0 Å². The number of aliphatic hydroxyl groups excluding tert-OH is 1. The maximum atomic E-state index is 9.65. The molecule has 3 aliphatic carbocycles. The van der Waals surface area contributed by atoms with Crippen molar-refractivity contribution in [2.45, 2.75) is 46.5 Å². The van der Waals surface area contributed by atoms with E-state index in [9.17, 15) is 5.11 Å². The number of hydrogen-bond donors (Lipinski definition) is 1. The van der Waals surface area contributed by atoms with Gasteiger partial charge in [0.25, 0.3) is 0 Å². The molecule has 1 saturated carbocycles. The Morgan fingerprint density at radius 3 is 2.89 bits per heavy atom. The van der Waals surface area contributed by atoms with E-state index in [2.05, 4.69) is 32.9 Å². The lowest BCUT2D eigenvalue weighted by molar-refractivity contribution is 0.00921. The van der Waals surface area contributed by atoms with E-state index >= 15 is 0 Å². The van der Waals surface area contributed by atoms with Crippen molar-refractivity contribution in [1.29, 1.82) is 0 Å². The van der Waals surface area contributed by atoms with Crippen LogP contribution in [0.15, 0.2) is 35.6 Å². The van der Waals surface area contributed by atoms with Crippen LogP contribution in [0.4, 0.5) is 0 Å². The highest BCUT2D eigenvalue weighted by Gasteiger charge is 2.46. The number of hydrogen-bond acceptors (Lipinski definition) is 1. The second kappa shape index (κ2) is 4.54. The lowest BCUT2D eigenvalue weighted by atomic mass is 9.53. The molecular formula is C18H26O. The van der Waals surface area contributed by atoms with Gasteiger partial charge >= 0.3 is 0 Å². The van der Waals surface area contributed by atoms with E-state index in [1.807, 2.05) is 12.2 Å². The largest absolute Gasteiger partial charge is 0.508 e. The molecule has 3 rings (SSSR count). The van der Waals surface area contributed by atoms with Gasteiger partial charge in [0, 0.05) is 5.92 Å². The van der Waals surface area contributed by atoms with Gasteiger partial charge in [0.2, 0.25) is 0 Å². The first kappa shape index (κ1) is 13.0. The molecule has 1 fully saturated rings. The summed E-state index contributed by atoms with van der Waals surface area (Å²) in [5.41, 5.74) is 1.89. The van der Waals surface area contributed by atoms with E-state index in [1.54, 1.807) is 0 Å². The molecule has 0 aromatic rings. The lowest BCUT2D eigenvalue weighted by Crippen LogP contribution is -2.43. The molecule has 0 bridgehead atoms.